The number of carbonyl (C=O) groups is 1. The number of halogens is 1. The average Bonchev–Trinajstić information content (AvgIpc) is 3.36. The number of hydrogen-bond acceptors (Lipinski definition) is 5. The fourth-order valence-corrected chi connectivity index (χ4v) is 4.37. The van der Waals surface area contributed by atoms with Crippen molar-refractivity contribution in [2.24, 2.45) is 0 Å². The number of amides is 1. The van der Waals surface area contributed by atoms with E-state index in [4.69, 9.17) is 0 Å². The van der Waals surface area contributed by atoms with Crippen molar-refractivity contribution >= 4 is 11.9 Å². The lowest BCUT2D eigenvalue weighted by molar-refractivity contribution is -0.118. The SMILES string of the molecule is O=C(Nc1nc(-c2ccncc2)c(-c2ccc(F)cc2)c(=O)[nH]1)[C@@H]1NCCC1c1ccccc1. The van der Waals surface area contributed by atoms with Crippen molar-refractivity contribution in [3.63, 3.8) is 0 Å². The molecule has 170 valence electrons. The second kappa shape index (κ2) is 9.36. The summed E-state index contributed by atoms with van der Waals surface area (Å²) in [7, 11) is 0. The maximum absolute atomic E-state index is 13.5. The summed E-state index contributed by atoms with van der Waals surface area (Å²) in [5.74, 6) is -0.608. The van der Waals surface area contributed by atoms with Crippen LogP contribution in [0.15, 0.2) is 83.9 Å². The summed E-state index contributed by atoms with van der Waals surface area (Å²) in [5.41, 5.74) is 2.46. The molecule has 0 spiro atoms. The zero-order valence-corrected chi connectivity index (χ0v) is 18.2. The van der Waals surface area contributed by atoms with E-state index in [-0.39, 0.29) is 23.3 Å². The van der Waals surface area contributed by atoms with E-state index >= 15 is 0 Å². The van der Waals surface area contributed by atoms with Crippen LogP contribution in [-0.2, 0) is 4.79 Å². The molecule has 5 rings (SSSR count). The molecule has 0 saturated carbocycles. The largest absolute Gasteiger partial charge is 0.305 e. The highest BCUT2D eigenvalue weighted by molar-refractivity contribution is 5.95. The molecule has 1 amide bonds. The number of aromatic nitrogens is 3. The number of H-pyrrole nitrogens is 1. The number of benzene rings is 2. The standard InChI is InChI=1S/C26H22FN5O2/c27-19-8-6-17(7-9-19)21-22(18-10-13-28-14-11-18)30-26(31-24(21)33)32-25(34)23-20(12-15-29-23)16-4-2-1-3-5-16/h1-11,13-14,20,23,29H,12,15H2,(H2,30,31,32,33,34)/t20?,23-/m1/s1. The molecule has 3 N–H and O–H groups in total. The molecule has 8 heteroatoms. The first-order valence-corrected chi connectivity index (χ1v) is 11.0. The Hall–Kier alpha value is -4.17. The van der Waals surface area contributed by atoms with Crippen LogP contribution >= 0.6 is 0 Å². The number of rotatable bonds is 5. The van der Waals surface area contributed by atoms with Gasteiger partial charge in [-0.15, -0.1) is 0 Å². The second-order valence-electron chi connectivity index (χ2n) is 8.11. The first kappa shape index (κ1) is 21.7. The number of carbonyl (C=O) groups excluding carboxylic acids is 1. The summed E-state index contributed by atoms with van der Waals surface area (Å²) in [6.07, 6.45) is 4.02. The van der Waals surface area contributed by atoms with Gasteiger partial charge >= 0.3 is 0 Å². The van der Waals surface area contributed by atoms with E-state index in [0.717, 1.165) is 12.0 Å². The van der Waals surface area contributed by atoms with Gasteiger partial charge in [0.05, 0.1) is 17.3 Å². The predicted molar refractivity (Wildman–Crippen MR) is 128 cm³/mol. The predicted octanol–water partition coefficient (Wildman–Crippen LogP) is 3.72. The van der Waals surface area contributed by atoms with Gasteiger partial charge in [-0.3, -0.25) is 24.9 Å². The smallest absolute Gasteiger partial charge is 0.260 e. The van der Waals surface area contributed by atoms with Gasteiger partial charge in [0.15, 0.2) is 0 Å². The molecule has 1 fully saturated rings. The molecule has 0 radical (unpaired) electrons. The third kappa shape index (κ3) is 4.35. The van der Waals surface area contributed by atoms with Crippen molar-refractivity contribution in [2.45, 2.75) is 18.4 Å². The number of nitrogens with one attached hydrogen (secondary N) is 3. The monoisotopic (exact) mass is 455 g/mol. The summed E-state index contributed by atoms with van der Waals surface area (Å²) in [5, 5.41) is 6.03. The molecule has 2 aromatic heterocycles. The van der Waals surface area contributed by atoms with Gasteiger partial charge in [-0.2, -0.15) is 0 Å². The summed E-state index contributed by atoms with van der Waals surface area (Å²) in [4.78, 5) is 37.6. The quantitative estimate of drug-likeness (QED) is 0.426. The Morgan fingerprint density at radius 3 is 2.44 bits per heavy atom. The van der Waals surface area contributed by atoms with Crippen LogP contribution < -0.4 is 16.2 Å². The Labute approximate surface area is 195 Å². The van der Waals surface area contributed by atoms with Gasteiger partial charge < -0.3 is 5.32 Å². The highest BCUT2D eigenvalue weighted by Gasteiger charge is 2.34. The zero-order chi connectivity index (χ0) is 23.5. The molecule has 1 aliphatic rings. The van der Waals surface area contributed by atoms with Crippen LogP contribution in [0.3, 0.4) is 0 Å². The minimum absolute atomic E-state index is 0.0195. The maximum atomic E-state index is 13.5. The van der Waals surface area contributed by atoms with Crippen LogP contribution in [0.2, 0.25) is 0 Å². The Bertz CT molecular complexity index is 1360. The molecule has 2 aromatic carbocycles. The molecule has 4 aromatic rings. The topological polar surface area (TPSA) is 99.8 Å². The number of hydrogen-bond donors (Lipinski definition) is 3. The van der Waals surface area contributed by atoms with E-state index in [1.165, 1.54) is 24.3 Å². The van der Waals surface area contributed by atoms with Crippen molar-refractivity contribution in [1.82, 2.24) is 20.3 Å². The molecular weight excluding hydrogens is 433 g/mol. The number of anilines is 1. The Morgan fingerprint density at radius 2 is 1.71 bits per heavy atom. The van der Waals surface area contributed by atoms with Gasteiger partial charge in [0, 0.05) is 23.9 Å². The van der Waals surface area contributed by atoms with E-state index in [0.29, 0.717) is 23.4 Å². The Balaban J connectivity index is 1.50. The van der Waals surface area contributed by atoms with Gasteiger partial charge in [0.1, 0.15) is 5.82 Å². The summed E-state index contributed by atoms with van der Waals surface area (Å²) < 4.78 is 13.5. The lowest BCUT2D eigenvalue weighted by Crippen LogP contribution is -2.39. The molecule has 0 bridgehead atoms. The Kier molecular flexibility index (Phi) is 5.97. The summed E-state index contributed by atoms with van der Waals surface area (Å²) in [6.45, 7) is 0.716. The number of nitrogens with zero attached hydrogens (tertiary/aromatic N) is 2. The molecule has 1 saturated heterocycles. The number of pyridine rings is 1. The highest BCUT2D eigenvalue weighted by Crippen LogP contribution is 2.30. The zero-order valence-electron chi connectivity index (χ0n) is 18.2. The molecule has 3 heterocycles. The Morgan fingerprint density at radius 1 is 0.971 bits per heavy atom. The molecule has 1 unspecified atom stereocenters. The van der Waals surface area contributed by atoms with Gasteiger partial charge in [0.2, 0.25) is 11.9 Å². The fraction of sp³-hybridized carbons (Fsp3) is 0.154. The highest BCUT2D eigenvalue weighted by atomic mass is 19.1. The summed E-state index contributed by atoms with van der Waals surface area (Å²) >= 11 is 0. The van der Waals surface area contributed by atoms with Crippen LogP contribution in [0, 0.1) is 5.82 Å². The average molecular weight is 455 g/mol. The molecule has 7 nitrogen and oxygen atoms in total. The van der Waals surface area contributed by atoms with Crippen LogP contribution in [0.1, 0.15) is 17.9 Å². The lowest BCUT2D eigenvalue weighted by Gasteiger charge is -2.19. The van der Waals surface area contributed by atoms with E-state index in [2.05, 4.69) is 25.6 Å². The van der Waals surface area contributed by atoms with Crippen molar-refractivity contribution in [3.05, 3.63) is 101 Å². The lowest BCUT2D eigenvalue weighted by atomic mass is 9.91. The van der Waals surface area contributed by atoms with Crippen molar-refractivity contribution < 1.29 is 9.18 Å². The van der Waals surface area contributed by atoms with Crippen LogP contribution in [-0.4, -0.2) is 33.4 Å². The third-order valence-corrected chi connectivity index (χ3v) is 5.98. The molecule has 1 aliphatic heterocycles. The van der Waals surface area contributed by atoms with Gasteiger partial charge in [-0.25, -0.2) is 9.37 Å². The van der Waals surface area contributed by atoms with Crippen molar-refractivity contribution in [1.29, 1.82) is 0 Å². The first-order chi connectivity index (χ1) is 16.6. The molecule has 34 heavy (non-hydrogen) atoms. The molecule has 2 atom stereocenters. The molecule has 0 aliphatic carbocycles. The maximum Gasteiger partial charge on any atom is 0.260 e. The van der Waals surface area contributed by atoms with E-state index in [9.17, 15) is 14.0 Å². The third-order valence-electron chi connectivity index (χ3n) is 5.98. The molecular formula is C26H22FN5O2. The van der Waals surface area contributed by atoms with E-state index in [1.54, 1.807) is 24.5 Å². The van der Waals surface area contributed by atoms with Crippen molar-refractivity contribution in [3.8, 4) is 22.4 Å². The van der Waals surface area contributed by atoms with Crippen LogP contribution in [0.4, 0.5) is 10.3 Å². The van der Waals surface area contributed by atoms with Crippen molar-refractivity contribution in [2.75, 3.05) is 11.9 Å². The fourth-order valence-electron chi connectivity index (χ4n) is 4.37. The second-order valence-corrected chi connectivity index (χ2v) is 8.11. The van der Waals surface area contributed by atoms with E-state index < -0.39 is 17.4 Å². The normalized spacial score (nSPS) is 17.4. The van der Waals surface area contributed by atoms with Gasteiger partial charge in [-0.05, 0) is 48.4 Å². The van der Waals surface area contributed by atoms with Crippen LogP contribution in [0.25, 0.3) is 22.4 Å². The minimum atomic E-state index is -0.450. The van der Waals surface area contributed by atoms with Gasteiger partial charge in [-0.1, -0.05) is 42.5 Å². The van der Waals surface area contributed by atoms with Crippen LogP contribution in [0.5, 0.6) is 0 Å². The minimum Gasteiger partial charge on any atom is -0.305 e. The van der Waals surface area contributed by atoms with Gasteiger partial charge in [0.25, 0.3) is 5.56 Å². The van der Waals surface area contributed by atoms with E-state index in [1.807, 2.05) is 30.3 Å². The number of aromatic amines is 1. The summed E-state index contributed by atoms with van der Waals surface area (Å²) in [6, 6.07) is 18.5. The first-order valence-electron chi connectivity index (χ1n) is 11.0.